The van der Waals surface area contributed by atoms with E-state index in [1.165, 1.54) is 0 Å². The van der Waals surface area contributed by atoms with Gasteiger partial charge in [-0.05, 0) is 38.2 Å². The first-order chi connectivity index (χ1) is 12.5. The summed E-state index contributed by atoms with van der Waals surface area (Å²) >= 11 is 0. The maximum Gasteiger partial charge on any atom is 0.314 e. The minimum atomic E-state index is -0.937. The molecular weight excluding hydrogens is 332 g/mol. The van der Waals surface area contributed by atoms with Gasteiger partial charge in [-0.3, -0.25) is 9.59 Å². The zero-order chi connectivity index (χ0) is 18.3. The van der Waals surface area contributed by atoms with Crippen LogP contribution in [0.3, 0.4) is 0 Å². The fraction of sp³-hybridized carbons (Fsp3) is 0.450. The van der Waals surface area contributed by atoms with Gasteiger partial charge in [-0.25, -0.2) is 4.98 Å². The van der Waals surface area contributed by atoms with Crippen molar-refractivity contribution in [2.45, 2.75) is 43.9 Å². The van der Waals surface area contributed by atoms with Crippen LogP contribution in [0.4, 0.5) is 0 Å². The molecule has 2 heterocycles. The van der Waals surface area contributed by atoms with Gasteiger partial charge in [0, 0.05) is 19.0 Å². The van der Waals surface area contributed by atoms with Crippen molar-refractivity contribution in [3.8, 4) is 0 Å². The molecule has 4 rings (SSSR count). The molecule has 0 atom stereocenters. The van der Waals surface area contributed by atoms with Crippen molar-refractivity contribution in [3.63, 3.8) is 0 Å². The average Bonchev–Trinajstić information content (AvgIpc) is 3.44. The van der Waals surface area contributed by atoms with E-state index in [0.717, 1.165) is 18.4 Å². The number of benzene rings is 1. The van der Waals surface area contributed by atoms with Crippen LogP contribution in [-0.2, 0) is 10.2 Å². The Labute approximate surface area is 151 Å². The number of carboxylic acid groups (broad SMARTS) is 1. The van der Waals surface area contributed by atoms with Crippen LogP contribution < -0.4 is 0 Å². The second-order valence-electron chi connectivity index (χ2n) is 7.29. The van der Waals surface area contributed by atoms with Gasteiger partial charge in [0.15, 0.2) is 5.89 Å². The number of aromatic nitrogens is 1. The summed E-state index contributed by atoms with van der Waals surface area (Å²) in [5, 5.41) is 9.87. The minimum absolute atomic E-state index is 0.186. The lowest BCUT2D eigenvalue weighted by Gasteiger charge is -2.39. The van der Waals surface area contributed by atoms with Crippen LogP contribution in [-0.4, -0.2) is 40.0 Å². The molecule has 1 amide bonds. The van der Waals surface area contributed by atoms with Crippen LogP contribution in [0.5, 0.6) is 0 Å². The van der Waals surface area contributed by atoms with Crippen molar-refractivity contribution < 1.29 is 19.1 Å². The second kappa shape index (κ2) is 6.27. The number of rotatable bonds is 4. The van der Waals surface area contributed by atoms with E-state index in [9.17, 15) is 14.7 Å². The Kier molecular flexibility index (Phi) is 4.05. The lowest BCUT2D eigenvalue weighted by molar-refractivity contribution is -0.145. The molecule has 1 aliphatic carbocycles. The van der Waals surface area contributed by atoms with E-state index in [2.05, 4.69) is 4.98 Å². The largest absolute Gasteiger partial charge is 0.481 e. The number of hydrogen-bond donors (Lipinski definition) is 1. The highest BCUT2D eigenvalue weighted by atomic mass is 16.4. The van der Waals surface area contributed by atoms with Crippen molar-refractivity contribution >= 4 is 11.9 Å². The summed E-state index contributed by atoms with van der Waals surface area (Å²) in [7, 11) is 0. The van der Waals surface area contributed by atoms with Crippen LogP contribution in [0.15, 0.2) is 34.7 Å². The normalized spacial score (nSPS) is 19.3. The summed E-state index contributed by atoms with van der Waals surface area (Å²) in [5.74, 6) is 0.299. The van der Waals surface area contributed by atoms with E-state index in [-0.39, 0.29) is 5.91 Å². The average molecular weight is 354 g/mol. The Bertz CT molecular complexity index is 831. The number of carboxylic acids is 1. The number of nitrogens with zero attached hydrogens (tertiary/aromatic N) is 2. The van der Waals surface area contributed by atoms with E-state index in [0.29, 0.717) is 49.2 Å². The smallest absolute Gasteiger partial charge is 0.314 e. The summed E-state index contributed by atoms with van der Waals surface area (Å²) < 4.78 is 5.72. The van der Waals surface area contributed by atoms with E-state index >= 15 is 0 Å². The molecule has 1 aromatic heterocycles. The van der Waals surface area contributed by atoms with Crippen LogP contribution >= 0.6 is 0 Å². The van der Waals surface area contributed by atoms with Crippen molar-refractivity contribution in [2.75, 3.05) is 13.1 Å². The number of oxazole rings is 1. The zero-order valence-electron chi connectivity index (χ0n) is 14.8. The fourth-order valence-corrected chi connectivity index (χ4v) is 3.74. The number of aliphatic carboxylic acids is 1. The van der Waals surface area contributed by atoms with Gasteiger partial charge < -0.3 is 14.4 Å². The molecule has 1 N–H and O–H groups in total. The summed E-state index contributed by atoms with van der Waals surface area (Å²) in [6.45, 7) is 2.57. The minimum Gasteiger partial charge on any atom is -0.481 e. The van der Waals surface area contributed by atoms with Crippen LogP contribution in [0.1, 0.15) is 59.3 Å². The predicted octanol–water partition coefficient (Wildman–Crippen LogP) is 3.12. The Morgan fingerprint density at radius 2 is 1.85 bits per heavy atom. The van der Waals surface area contributed by atoms with Gasteiger partial charge in [0.25, 0.3) is 5.91 Å². The third kappa shape index (κ3) is 2.79. The molecule has 0 spiro atoms. The van der Waals surface area contributed by atoms with Gasteiger partial charge in [-0.15, -0.1) is 0 Å². The Balaban J connectivity index is 1.52. The molecule has 136 valence electrons. The third-order valence-corrected chi connectivity index (χ3v) is 5.57. The Hall–Kier alpha value is -2.63. The zero-order valence-corrected chi connectivity index (χ0v) is 14.8. The maximum atomic E-state index is 12.8. The second-order valence-corrected chi connectivity index (χ2v) is 7.29. The van der Waals surface area contributed by atoms with Gasteiger partial charge in [0.1, 0.15) is 0 Å². The first-order valence-electron chi connectivity index (χ1n) is 9.07. The molecule has 1 saturated carbocycles. The van der Waals surface area contributed by atoms with Crippen molar-refractivity contribution in [1.29, 1.82) is 0 Å². The number of hydrogen-bond acceptors (Lipinski definition) is 4. The summed E-state index contributed by atoms with van der Waals surface area (Å²) in [5.41, 5.74) is 0.481. The first-order valence-corrected chi connectivity index (χ1v) is 9.07. The summed E-state index contributed by atoms with van der Waals surface area (Å²) in [4.78, 5) is 30.9. The van der Waals surface area contributed by atoms with Crippen molar-refractivity contribution in [3.05, 3.63) is 53.2 Å². The first kappa shape index (κ1) is 16.8. The molecular formula is C20H22N2O4. The Morgan fingerprint density at radius 3 is 2.42 bits per heavy atom. The highest BCUT2D eigenvalue weighted by Gasteiger charge is 2.44. The van der Waals surface area contributed by atoms with Gasteiger partial charge in [-0.1, -0.05) is 30.3 Å². The molecule has 1 aromatic carbocycles. The van der Waals surface area contributed by atoms with Crippen LogP contribution in [0.2, 0.25) is 0 Å². The SMILES string of the molecule is Cc1nc(C2CC2)oc1C(=O)N1CCC(C(=O)O)(c2ccccc2)CC1. The molecule has 26 heavy (non-hydrogen) atoms. The molecule has 0 radical (unpaired) electrons. The van der Waals surface area contributed by atoms with Gasteiger partial charge in [0.2, 0.25) is 5.76 Å². The van der Waals surface area contributed by atoms with Crippen molar-refractivity contribution in [1.82, 2.24) is 9.88 Å². The van der Waals surface area contributed by atoms with Gasteiger partial charge in [-0.2, -0.15) is 0 Å². The molecule has 2 aromatic rings. The number of aryl methyl sites for hydroxylation is 1. The van der Waals surface area contributed by atoms with Crippen LogP contribution in [0, 0.1) is 6.92 Å². The quantitative estimate of drug-likeness (QED) is 0.912. The number of carbonyl (C=O) groups is 2. The number of amides is 1. The van der Waals surface area contributed by atoms with E-state index in [1.54, 1.807) is 11.8 Å². The van der Waals surface area contributed by atoms with Crippen molar-refractivity contribution in [2.24, 2.45) is 0 Å². The molecule has 2 fully saturated rings. The Morgan fingerprint density at radius 1 is 1.19 bits per heavy atom. The summed E-state index contributed by atoms with van der Waals surface area (Å²) in [6.07, 6.45) is 2.91. The molecule has 2 aliphatic rings. The van der Waals surface area contributed by atoms with Crippen LogP contribution in [0.25, 0.3) is 0 Å². The highest BCUT2D eigenvalue weighted by Crippen LogP contribution is 2.40. The lowest BCUT2D eigenvalue weighted by Crippen LogP contribution is -2.49. The molecule has 0 unspecified atom stereocenters. The highest BCUT2D eigenvalue weighted by molar-refractivity contribution is 5.93. The molecule has 0 bridgehead atoms. The molecule has 6 nitrogen and oxygen atoms in total. The fourth-order valence-electron chi connectivity index (χ4n) is 3.74. The van der Waals surface area contributed by atoms with E-state index < -0.39 is 11.4 Å². The lowest BCUT2D eigenvalue weighted by atomic mass is 9.73. The summed E-state index contributed by atoms with van der Waals surface area (Å²) in [6, 6.07) is 9.30. The monoisotopic (exact) mass is 354 g/mol. The number of piperidine rings is 1. The third-order valence-electron chi connectivity index (χ3n) is 5.57. The van der Waals surface area contributed by atoms with E-state index in [1.807, 2.05) is 30.3 Å². The van der Waals surface area contributed by atoms with Gasteiger partial charge in [0.05, 0.1) is 11.1 Å². The number of carbonyl (C=O) groups excluding carboxylic acids is 1. The molecule has 6 heteroatoms. The predicted molar refractivity (Wildman–Crippen MR) is 94.1 cm³/mol. The maximum absolute atomic E-state index is 12.8. The van der Waals surface area contributed by atoms with E-state index in [4.69, 9.17) is 4.42 Å². The number of likely N-dealkylation sites (tertiary alicyclic amines) is 1. The van der Waals surface area contributed by atoms with Gasteiger partial charge >= 0.3 is 5.97 Å². The molecule has 1 saturated heterocycles. The topological polar surface area (TPSA) is 83.6 Å². The standard InChI is InChI=1S/C20H22N2O4/c1-13-16(26-17(21-13)14-7-8-14)18(23)22-11-9-20(10-12-22,19(24)25)15-5-3-2-4-6-15/h2-6,14H,7-12H2,1H3,(H,24,25). The molecule has 1 aliphatic heterocycles.